The summed E-state index contributed by atoms with van der Waals surface area (Å²) in [6.07, 6.45) is 2.36. The number of aryl methyl sites for hydroxylation is 1. The van der Waals surface area contributed by atoms with E-state index < -0.39 is 0 Å². The van der Waals surface area contributed by atoms with Crippen molar-refractivity contribution in [2.75, 3.05) is 20.2 Å². The van der Waals surface area contributed by atoms with Crippen LogP contribution in [-0.4, -0.2) is 47.0 Å². The van der Waals surface area contributed by atoms with Gasteiger partial charge in [-0.25, -0.2) is 4.99 Å². The molecule has 0 amide bonds. The van der Waals surface area contributed by atoms with Crippen LogP contribution >= 0.6 is 24.0 Å². The van der Waals surface area contributed by atoms with Crippen LogP contribution in [0.4, 0.5) is 0 Å². The zero-order valence-electron chi connectivity index (χ0n) is 16.7. The van der Waals surface area contributed by atoms with Gasteiger partial charge in [0.25, 0.3) is 0 Å². The number of hydrogen-bond acceptors (Lipinski definition) is 4. The van der Waals surface area contributed by atoms with Crippen LogP contribution in [0.3, 0.4) is 0 Å². The van der Waals surface area contributed by atoms with Crippen LogP contribution in [0.5, 0.6) is 0 Å². The van der Waals surface area contributed by atoms with E-state index in [9.17, 15) is 0 Å². The van der Waals surface area contributed by atoms with Gasteiger partial charge in [0.05, 0.1) is 6.10 Å². The molecule has 25 heavy (non-hydrogen) atoms. The maximum atomic E-state index is 5.60. The number of aliphatic imine (C=N–C) groups is 1. The maximum Gasteiger partial charge on any atom is 0.191 e. The Kier molecular flexibility index (Phi) is 11.2. The minimum atomic E-state index is 0. The summed E-state index contributed by atoms with van der Waals surface area (Å²) in [7, 11) is 3.71. The highest BCUT2D eigenvalue weighted by Crippen LogP contribution is 2.20. The van der Waals surface area contributed by atoms with Crippen molar-refractivity contribution in [2.45, 2.75) is 60.1 Å². The standard InChI is InChI=1S/C17H34N6O.HI/c1-8-9-10-18-16(19-11-14(24-7)17(3,4)5)20-12-15-22-21-13(2)23(15)6;/h14H,8-12H2,1-7H3,(H2,18,19,20);1H. The molecular weight excluding hydrogens is 431 g/mol. The van der Waals surface area contributed by atoms with Gasteiger partial charge in [-0.2, -0.15) is 0 Å². The van der Waals surface area contributed by atoms with E-state index >= 15 is 0 Å². The molecule has 2 N–H and O–H groups in total. The van der Waals surface area contributed by atoms with Crippen molar-refractivity contribution in [3.8, 4) is 0 Å². The molecule has 146 valence electrons. The number of methoxy groups -OCH3 is 1. The Morgan fingerprint density at radius 3 is 2.44 bits per heavy atom. The summed E-state index contributed by atoms with van der Waals surface area (Å²) < 4.78 is 7.56. The zero-order chi connectivity index (χ0) is 18.2. The average molecular weight is 466 g/mol. The Labute approximate surface area is 169 Å². The van der Waals surface area contributed by atoms with E-state index in [1.165, 1.54) is 0 Å². The van der Waals surface area contributed by atoms with Crippen LogP contribution in [0.1, 0.15) is 52.2 Å². The van der Waals surface area contributed by atoms with Crippen molar-refractivity contribution in [3.63, 3.8) is 0 Å². The lowest BCUT2D eigenvalue weighted by Crippen LogP contribution is -2.45. The second-order valence-electron chi connectivity index (χ2n) is 7.14. The molecule has 1 rings (SSSR count). The normalized spacial score (nSPS) is 13.3. The molecular formula is C17H35IN6O. The number of unbranched alkanes of at least 4 members (excludes halogenated alkanes) is 1. The molecule has 7 nitrogen and oxygen atoms in total. The van der Waals surface area contributed by atoms with Crippen LogP contribution in [0, 0.1) is 12.3 Å². The van der Waals surface area contributed by atoms with Gasteiger partial charge in [0.15, 0.2) is 11.8 Å². The van der Waals surface area contributed by atoms with Crippen LogP contribution in [-0.2, 0) is 18.3 Å². The van der Waals surface area contributed by atoms with E-state index in [2.05, 4.69) is 53.5 Å². The Hall–Kier alpha value is -0.900. The third kappa shape index (κ3) is 8.35. The smallest absolute Gasteiger partial charge is 0.191 e. The summed E-state index contributed by atoms with van der Waals surface area (Å²) in [6.45, 7) is 12.7. The van der Waals surface area contributed by atoms with Crippen molar-refractivity contribution in [1.29, 1.82) is 0 Å². The lowest BCUT2D eigenvalue weighted by molar-refractivity contribution is 0.0205. The molecule has 0 aliphatic rings. The van der Waals surface area contributed by atoms with Gasteiger partial charge < -0.3 is 19.9 Å². The fourth-order valence-electron chi connectivity index (χ4n) is 2.23. The maximum absolute atomic E-state index is 5.60. The first-order chi connectivity index (χ1) is 11.3. The van der Waals surface area contributed by atoms with Crippen molar-refractivity contribution in [2.24, 2.45) is 17.5 Å². The molecule has 0 bridgehead atoms. The van der Waals surface area contributed by atoms with Gasteiger partial charge in [0.1, 0.15) is 12.4 Å². The van der Waals surface area contributed by atoms with E-state index in [-0.39, 0.29) is 35.5 Å². The third-order valence-corrected chi connectivity index (χ3v) is 4.09. The number of ether oxygens (including phenoxy) is 1. The van der Waals surface area contributed by atoms with Gasteiger partial charge in [0, 0.05) is 27.2 Å². The summed E-state index contributed by atoms with van der Waals surface area (Å²) in [5.41, 5.74) is 0.0665. The van der Waals surface area contributed by atoms with Crippen LogP contribution in [0.2, 0.25) is 0 Å². The van der Waals surface area contributed by atoms with Crippen molar-refractivity contribution in [3.05, 3.63) is 11.6 Å². The molecule has 1 atom stereocenters. The Bertz CT molecular complexity index is 524. The first-order valence-corrected chi connectivity index (χ1v) is 8.69. The van der Waals surface area contributed by atoms with E-state index in [1.807, 2.05) is 18.5 Å². The molecule has 1 heterocycles. The van der Waals surface area contributed by atoms with Crippen molar-refractivity contribution >= 4 is 29.9 Å². The zero-order valence-corrected chi connectivity index (χ0v) is 19.0. The van der Waals surface area contributed by atoms with E-state index in [4.69, 9.17) is 4.74 Å². The number of rotatable bonds is 8. The highest BCUT2D eigenvalue weighted by molar-refractivity contribution is 14.0. The van der Waals surface area contributed by atoms with Crippen LogP contribution in [0.25, 0.3) is 0 Å². The van der Waals surface area contributed by atoms with Crippen molar-refractivity contribution in [1.82, 2.24) is 25.4 Å². The SMILES string of the molecule is CCCCNC(=NCc1nnc(C)n1C)NCC(OC)C(C)(C)C.I. The third-order valence-electron chi connectivity index (χ3n) is 4.09. The second kappa shape index (κ2) is 11.7. The Morgan fingerprint density at radius 2 is 1.96 bits per heavy atom. The van der Waals surface area contributed by atoms with E-state index in [0.29, 0.717) is 13.1 Å². The summed E-state index contributed by atoms with van der Waals surface area (Å²) >= 11 is 0. The molecule has 0 radical (unpaired) electrons. The average Bonchev–Trinajstić information content (AvgIpc) is 2.83. The minimum absolute atomic E-state index is 0. The summed E-state index contributed by atoms with van der Waals surface area (Å²) in [6, 6.07) is 0. The predicted octanol–water partition coefficient (Wildman–Crippen LogP) is 2.64. The largest absolute Gasteiger partial charge is 0.379 e. The van der Waals surface area contributed by atoms with Gasteiger partial charge in [-0.3, -0.25) is 0 Å². The molecule has 0 saturated heterocycles. The molecule has 0 fully saturated rings. The number of hydrogen-bond donors (Lipinski definition) is 2. The minimum Gasteiger partial charge on any atom is -0.379 e. The summed E-state index contributed by atoms with van der Waals surface area (Å²) in [4.78, 5) is 4.64. The van der Waals surface area contributed by atoms with E-state index in [0.717, 1.165) is 37.0 Å². The molecule has 0 aliphatic carbocycles. The van der Waals surface area contributed by atoms with E-state index in [1.54, 1.807) is 7.11 Å². The number of aromatic nitrogens is 3. The molecule has 1 aromatic heterocycles. The second-order valence-corrected chi connectivity index (χ2v) is 7.14. The summed E-state index contributed by atoms with van der Waals surface area (Å²) in [5, 5.41) is 15.0. The lowest BCUT2D eigenvalue weighted by Gasteiger charge is -2.30. The summed E-state index contributed by atoms with van der Waals surface area (Å²) in [5.74, 6) is 2.53. The number of nitrogens with one attached hydrogen (secondary N) is 2. The highest BCUT2D eigenvalue weighted by atomic mass is 127. The lowest BCUT2D eigenvalue weighted by atomic mass is 9.89. The number of halogens is 1. The first kappa shape index (κ1) is 24.1. The monoisotopic (exact) mass is 466 g/mol. The Balaban J connectivity index is 0.00000576. The molecule has 0 spiro atoms. The van der Waals surface area contributed by atoms with Crippen LogP contribution < -0.4 is 10.6 Å². The first-order valence-electron chi connectivity index (χ1n) is 8.69. The van der Waals surface area contributed by atoms with Gasteiger partial charge >= 0.3 is 0 Å². The fourth-order valence-corrected chi connectivity index (χ4v) is 2.23. The number of guanidine groups is 1. The highest BCUT2D eigenvalue weighted by Gasteiger charge is 2.24. The van der Waals surface area contributed by atoms with Gasteiger partial charge in [0.2, 0.25) is 0 Å². The van der Waals surface area contributed by atoms with Gasteiger partial charge in [-0.1, -0.05) is 34.1 Å². The molecule has 1 aromatic rings. The van der Waals surface area contributed by atoms with Gasteiger partial charge in [-0.15, -0.1) is 34.2 Å². The molecule has 1 unspecified atom stereocenters. The van der Waals surface area contributed by atoms with Crippen molar-refractivity contribution < 1.29 is 4.74 Å². The quantitative estimate of drug-likeness (QED) is 0.267. The molecule has 8 heteroatoms. The number of nitrogens with zero attached hydrogens (tertiary/aromatic N) is 4. The molecule has 0 aliphatic heterocycles. The predicted molar refractivity (Wildman–Crippen MR) is 113 cm³/mol. The Morgan fingerprint density at radius 1 is 1.28 bits per heavy atom. The molecule has 0 aromatic carbocycles. The fraction of sp³-hybridized carbons (Fsp3) is 0.824. The van der Waals surface area contributed by atoms with Gasteiger partial charge in [-0.05, 0) is 18.8 Å². The topological polar surface area (TPSA) is 76.4 Å². The molecule has 0 saturated carbocycles. The van der Waals surface area contributed by atoms with Crippen LogP contribution in [0.15, 0.2) is 4.99 Å².